The molecule has 0 spiro atoms. The molecular formula is C30H26ClN3O3S. The molecule has 1 unspecified atom stereocenters. The summed E-state index contributed by atoms with van der Waals surface area (Å²) in [6.45, 7) is 2.58. The molecular weight excluding hydrogens is 518 g/mol. The van der Waals surface area contributed by atoms with Crippen molar-refractivity contribution in [2.45, 2.75) is 31.0 Å². The molecule has 1 amide bonds. The fourth-order valence-corrected chi connectivity index (χ4v) is 7.14. The minimum Gasteiger partial charge on any atom is -0.268 e. The number of carbonyl (C=O) groups is 1. The van der Waals surface area contributed by atoms with Gasteiger partial charge in [-0.25, -0.2) is 12.7 Å². The average molecular weight is 544 g/mol. The van der Waals surface area contributed by atoms with Crippen molar-refractivity contribution in [3.05, 3.63) is 130 Å². The Bertz CT molecular complexity index is 1620. The molecule has 0 aromatic heterocycles. The van der Waals surface area contributed by atoms with Gasteiger partial charge in [0.05, 0.1) is 17.1 Å². The van der Waals surface area contributed by atoms with Crippen LogP contribution in [0, 0.1) is 6.92 Å². The number of aryl methyl sites for hydroxylation is 1. The maximum atomic E-state index is 14.5. The number of hydrogen-bond acceptors (Lipinski definition) is 4. The molecule has 2 aliphatic heterocycles. The van der Waals surface area contributed by atoms with E-state index >= 15 is 0 Å². The Kier molecular flexibility index (Phi) is 6.22. The van der Waals surface area contributed by atoms with Crippen LogP contribution in [-0.2, 0) is 23.0 Å². The highest BCUT2D eigenvalue weighted by Gasteiger charge is 2.46. The van der Waals surface area contributed by atoms with E-state index in [0.29, 0.717) is 34.8 Å². The van der Waals surface area contributed by atoms with Crippen LogP contribution in [0.25, 0.3) is 0 Å². The highest BCUT2D eigenvalue weighted by molar-refractivity contribution is 7.92. The summed E-state index contributed by atoms with van der Waals surface area (Å²) < 4.78 is 30.4. The lowest BCUT2D eigenvalue weighted by Gasteiger charge is -2.45. The summed E-state index contributed by atoms with van der Waals surface area (Å²) in [5.41, 5.74) is 4.57. The summed E-state index contributed by atoms with van der Waals surface area (Å²) in [4.78, 5) is 14.2. The molecule has 1 atom stereocenters. The second-order valence-corrected chi connectivity index (χ2v) is 11.9. The van der Waals surface area contributed by atoms with E-state index in [1.807, 2.05) is 54.4 Å². The van der Waals surface area contributed by atoms with Crippen LogP contribution >= 0.6 is 11.6 Å². The van der Waals surface area contributed by atoms with Gasteiger partial charge in [0.25, 0.3) is 15.9 Å². The van der Waals surface area contributed by atoms with Crippen LogP contribution in [-0.4, -0.2) is 30.9 Å². The van der Waals surface area contributed by atoms with Crippen LogP contribution in [0.1, 0.15) is 38.8 Å². The average Bonchev–Trinajstić information content (AvgIpc) is 3.08. The minimum atomic E-state index is -4.04. The fourth-order valence-electron chi connectivity index (χ4n) is 5.31. The summed E-state index contributed by atoms with van der Waals surface area (Å²) in [6, 6.07) is 29.0. The third-order valence-corrected chi connectivity index (χ3v) is 9.21. The van der Waals surface area contributed by atoms with Gasteiger partial charge in [0.1, 0.15) is 6.17 Å². The molecule has 0 radical (unpaired) electrons. The zero-order valence-corrected chi connectivity index (χ0v) is 22.4. The molecule has 0 N–H and O–H groups in total. The van der Waals surface area contributed by atoms with Gasteiger partial charge in [0.2, 0.25) is 0 Å². The van der Waals surface area contributed by atoms with Crippen molar-refractivity contribution in [2.75, 3.05) is 10.8 Å². The van der Waals surface area contributed by atoms with Gasteiger partial charge >= 0.3 is 0 Å². The van der Waals surface area contributed by atoms with Crippen LogP contribution in [0.5, 0.6) is 0 Å². The van der Waals surface area contributed by atoms with Gasteiger partial charge < -0.3 is 0 Å². The van der Waals surface area contributed by atoms with Crippen molar-refractivity contribution >= 4 is 33.2 Å². The Balaban J connectivity index is 1.61. The number of rotatable bonds is 3. The van der Waals surface area contributed by atoms with E-state index in [9.17, 15) is 13.2 Å². The van der Waals surface area contributed by atoms with Gasteiger partial charge in [-0.2, -0.15) is 5.01 Å². The lowest BCUT2D eigenvalue weighted by Crippen LogP contribution is -2.54. The first-order valence-corrected chi connectivity index (χ1v) is 14.3. The van der Waals surface area contributed by atoms with Gasteiger partial charge in [-0.15, -0.1) is 0 Å². The van der Waals surface area contributed by atoms with E-state index in [1.54, 1.807) is 59.6 Å². The van der Waals surface area contributed by atoms with Crippen molar-refractivity contribution in [2.24, 2.45) is 0 Å². The van der Waals surface area contributed by atoms with E-state index in [0.717, 1.165) is 16.7 Å². The van der Waals surface area contributed by atoms with Gasteiger partial charge in [-0.05, 0) is 72.5 Å². The number of nitrogens with zero attached hydrogens (tertiary/aromatic N) is 3. The largest absolute Gasteiger partial charge is 0.268 e. The summed E-state index contributed by atoms with van der Waals surface area (Å²) in [5, 5.41) is 4.05. The van der Waals surface area contributed by atoms with Crippen molar-refractivity contribution < 1.29 is 13.2 Å². The lowest BCUT2D eigenvalue weighted by molar-refractivity contribution is -0.0435. The monoisotopic (exact) mass is 543 g/mol. The molecule has 0 bridgehead atoms. The summed E-state index contributed by atoms with van der Waals surface area (Å²) in [7, 11) is -4.04. The molecule has 38 heavy (non-hydrogen) atoms. The first-order valence-electron chi connectivity index (χ1n) is 12.5. The zero-order chi connectivity index (χ0) is 26.4. The molecule has 8 heteroatoms. The summed E-state index contributed by atoms with van der Waals surface area (Å²) >= 11 is 6.42. The Labute approximate surface area is 227 Å². The fraction of sp³-hybridized carbons (Fsp3) is 0.167. The Morgan fingerprint density at radius 3 is 2.34 bits per heavy atom. The van der Waals surface area contributed by atoms with E-state index in [4.69, 9.17) is 11.6 Å². The summed E-state index contributed by atoms with van der Waals surface area (Å²) in [6.07, 6.45) is -0.0813. The highest BCUT2D eigenvalue weighted by atomic mass is 35.5. The number of sulfonamides is 1. The predicted molar refractivity (Wildman–Crippen MR) is 148 cm³/mol. The van der Waals surface area contributed by atoms with Crippen molar-refractivity contribution in [1.29, 1.82) is 0 Å². The van der Waals surface area contributed by atoms with Crippen LogP contribution in [0.4, 0.5) is 5.69 Å². The van der Waals surface area contributed by atoms with Gasteiger partial charge in [-0.3, -0.25) is 9.80 Å². The number of anilines is 1. The molecule has 4 aromatic rings. The number of fused-ring (bicyclic) bond motifs is 4. The second-order valence-electron chi connectivity index (χ2n) is 9.60. The first-order chi connectivity index (χ1) is 18.3. The number of hydrazine groups is 1. The molecule has 192 valence electrons. The van der Waals surface area contributed by atoms with Crippen molar-refractivity contribution in [1.82, 2.24) is 10.0 Å². The Morgan fingerprint density at radius 1 is 0.868 bits per heavy atom. The molecule has 6 nitrogen and oxygen atoms in total. The number of halogens is 1. The smallest absolute Gasteiger partial charge is 0.268 e. The van der Waals surface area contributed by atoms with E-state index in [-0.39, 0.29) is 17.3 Å². The normalized spacial score (nSPS) is 17.3. The topological polar surface area (TPSA) is 60.9 Å². The van der Waals surface area contributed by atoms with E-state index in [2.05, 4.69) is 0 Å². The number of hydrogen-bond donors (Lipinski definition) is 0. The van der Waals surface area contributed by atoms with Crippen LogP contribution in [0.3, 0.4) is 0 Å². The molecule has 0 saturated heterocycles. The molecule has 6 rings (SSSR count). The van der Waals surface area contributed by atoms with Gasteiger partial charge in [0, 0.05) is 17.1 Å². The first kappa shape index (κ1) is 24.7. The van der Waals surface area contributed by atoms with E-state index < -0.39 is 16.2 Å². The number of amides is 1. The maximum absolute atomic E-state index is 14.5. The lowest BCUT2D eigenvalue weighted by atomic mass is 9.97. The Morgan fingerprint density at radius 2 is 1.58 bits per heavy atom. The molecule has 0 saturated carbocycles. The predicted octanol–water partition coefficient (Wildman–Crippen LogP) is 5.97. The van der Waals surface area contributed by atoms with E-state index in [1.165, 1.54) is 4.31 Å². The number of benzene rings is 4. The van der Waals surface area contributed by atoms with Crippen molar-refractivity contribution in [3.63, 3.8) is 0 Å². The molecule has 0 fully saturated rings. The van der Waals surface area contributed by atoms with Crippen LogP contribution in [0.2, 0.25) is 5.02 Å². The van der Waals surface area contributed by atoms with Gasteiger partial charge in [0.15, 0.2) is 0 Å². The van der Waals surface area contributed by atoms with Crippen molar-refractivity contribution in [3.8, 4) is 0 Å². The quantitative estimate of drug-likeness (QED) is 0.319. The highest BCUT2D eigenvalue weighted by Crippen LogP contribution is 2.45. The van der Waals surface area contributed by atoms with Crippen LogP contribution < -0.4 is 4.31 Å². The third-order valence-electron chi connectivity index (χ3n) is 7.19. The zero-order valence-electron chi connectivity index (χ0n) is 20.8. The molecule has 2 heterocycles. The third kappa shape index (κ3) is 4.17. The molecule has 0 aliphatic carbocycles. The second kappa shape index (κ2) is 9.58. The molecule has 2 aliphatic rings. The minimum absolute atomic E-state index is 0.183. The molecule has 4 aromatic carbocycles. The Hall–Kier alpha value is -3.65. The summed E-state index contributed by atoms with van der Waals surface area (Å²) in [5.74, 6) is -0.199. The number of carbonyl (C=O) groups excluding carboxylic acids is 1. The SMILES string of the molecule is Cc1ccc(S(=O)(=O)N2c3ccc(Cl)cc3CN(C(=O)c3ccccc3)N3CCc4ccccc4C32)cc1. The van der Waals surface area contributed by atoms with Gasteiger partial charge in [-0.1, -0.05) is 71.8 Å². The maximum Gasteiger partial charge on any atom is 0.268 e. The standard InChI is InChI=1S/C30H26ClN3O3S/c1-21-11-14-26(15-12-21)38(36,37)34-28-16-13-25(31)19-24(28)20-33(30(35)23-8-3-2-4-9-23)32-18-17-22-7-5-6-10-27(22)29(32)34/h2-16,19,29H,17-18,20H2,1H3. The van der Waals surface area contributed by atoms with Crippen LogP contribution in [0.15, 0.2) is 102 Å².